The molecule has 7 heteroatoms. The number of amides is 1. The Labute approximate surface area is 208 Å². The summed E-state index contributed by atoms with van der Waals surface area (Å²) in [5, 5.41) is 12.1. The van der Waals surface area contributed by atoms with Crippen molar-refractivity contribution >= 4 is 46.3 Å². The predicted octanol–water partition coefficient (Wildman–Crippen LogP) is 6.55. The molecule has 1 N–H and O–H groups in total. The number of anilines is 1. The third kappa shape index (κ3) is 4.06. The van der Waals surface area contributed by atoms with Gasteiger partial charge in [0.25, 0.3) is 11.7 Å². The number of aliphatic hydroxyl groups is 1. The lowest BCUT2D eigenvalue weighted by molar-refractivity contribution is -0.132. The highest BCUT2D eigenvalue weighted by Crippen LogP contribution is 2.44. The molecule has 1 fully saturated rings. The van der Waals surface area contributed by atoms with Crippen LogP contribution in [0.15, 0.2) is 60.2 Å². The van der Waals surface area contributed by atoms with Crippen LogP contribution in [-0.2, 0) is 9.59 Å². The van der Waals surface area contributed by atoms with Gasteiger partial charge in [-0.15, -0.1) is 0 Å². The quantitative estimate of drug-likeness (QED) is 0.253. The first-order valence-corrected chi connectivity index (χ1v) is 11.4. The largest absolute Gasteiger partial charge is 0.507 e. The fourth-order valence-electron chi connectivity index (χ4n) is 4.37. The number of hydrogen-bond donors (Lipinski definition) is 1. The van der Waals surface area contributed by atoms with E-state index >= 15 is 0 Å². The van der Waals surface area contributed by atoms with E-state index in [1.165, 1.54) is 4.90 Å². The van der Waals surface area contributed by atoms with Gasteiger partial charge in [-0.2, -0.15) is 0 Å². The smallest absolute Gasteiger partial charge is 0.300 e. The molecule has 3 aromatic carbocycles. The summed E-state index contributed by atoms with van der Waals surface area (Å²) in [4.78, 5) is 28.1. The number of methoxy groups -OCH3 is 1. The Kier molecular flexibility index (Phi) is 6.43. The van der Waals surface area contributed by atoms with Gasteiger partial charge >= 0.3 is 0 Å². The third-order valence-corrected chi connectivity index (χ3v) is 6.49. The zero-order valence-corrected chi connectivity index (χ0v) is 20.7. The van der Waals surface area contributed by atoms with Crippen LogP contribution in [-0.4, -0.2) is 23.9 Å². The average Bonchev–Trinajstić information content (AvgIpc) is 3.04. The molecule has 34 heavy (non-hydrogen) atoms. The number of aryl methyl sites for hydroxylation is 3. The fraction of sp³-hybridized carbons (Fsp3) is 0.185. The van der Waals surface area contributed by atoms with Crippen LogP contribution < -0.4 is 9.64 Å². The molecule has 5 nitrogen and oxygen atoms in total. The van der Waals surface area contributed by atoms with Crippen molar-refractivity contribution in [1.29, 1.82) is 0 Å². The molecule has 0 radical (unpaired) electrons. The van der Waals surface area contributed by atoms with Crippen molar-refractivity contribution in [2.45, 2.75) is 26.8 Å². The zero-order valence-electron chi connectivity index (χ0n) is 19.1. The van der Waals surface area contributed by atoms with Crippen molar-refractivity contribution < 1.29 is 19.4 Å². The Morgan fingerprint density at radius 1 is 0.912 bits per heavy atom. The molecule has 1 atom stereocenters. The maximum atomic E-state index is 13.4. The van der Waals surface area contributed by atoms with E-state index in [0.29, 0.717) is 38.2 Å². The number of rotatable bonds is 4. The van der Waals surface area contributed by atoms with Crippen molar-refractivity contribution in [2.24, 2.45) is 0 Å². The van der Waals surface area contributed by atoms with E-state index in [1.807, 2.05) is 45.0 Å². The summed E-state index contributed by atoms with van der Waals surface area (Å²) in [5.74, 6) is -1.13. The van der Waals surface area contributed by atoms with Gasteiger partial charge < -0.3 is 9.84 Å². The first-order chi connectivity index (χ1) is 16.1. The summed E-state index contributed by atoms with van der Waals surface area (Å²) >= 11 is 12.4. The molecule has 174 valence electrons. The number of halogens is 2. The first kappa shape index (κ1) is 23.9. The highest BCUT2D eigenvalue weighted by atomic mass is 35.5. The highest BCUT2D eigenvalue weighted by Gasteiger charge is 2.47. The number of carbonyl (C=O) groups is 2. The van der Waals surface area contributed by atoms with Gasteiger partial charge in [-0.3, -0.25) is 14.5 Å². The van der Waals surface area contributed by atoms with E-state index in [0.717, 1.165) is 11.1 Å². The molecule has 0 spiro atoms. The van der Waals surface area contributed by atoms with Gasteiger partial charge in [-0.25, -0.2) is 0 Å². The van der Waals surface area contributed by atoms with Gasteiger partial charge in [-0.05, 0) is 73.4 Å². The lowest BCUT2D eigenvalue weighted by Gasteiger charge is -2.27. The van der Waals surface area contributed by atoms with Crippen molar-refractivity contribution in [3.63, 3.8) is 0 Å². The van der Waals surface area contributed by atoms with E-state index in [1.54, 1.807) is 37.4 Å². The van der Waals surface area contributed by atoms with Crippen LogP contribution in [0.25, 0.3) is 5.76 Å². The normalized spacial score (nSPS) is 17.4. The maximum absolute atomic E-state index is 13.4. The molecule has 0 aromatic heterocycles. The lowest BCUT2D eigenvalue weighted by Crippen LogP contribution is -2.29. The van der Waals surface area contributed by atoms with Crippen LogP contribution in [0.5, 0.6) is 5.75 Å². The van der Waals surface area contributed by atoms with Crippen molar-refractivity contribution in [3.05, 3.63) is 98.0 Å². The summed E-state index contributed by atoms with van der Waals surface area (Å²) in [7, 11) is 1.57. The van der Waals surface area contributed by atoms with E-state index in [9.17, 15) is 14.7 Å². The van der Waals surface area contributed by atoms with Crippen molar-refractivity contribution in [2.75, 3.05) is 12.0 Å². The Morgan fingerprint density at radius 2 is 1.56 bits per heavy atom. The second kappa shape index (κ2) is 9.16. The number of benzene rings is 3. The van der Waals surface area contributed by atoms with Gasteiger partial charge in [-0.1, -0.05) is 47.5 Å². The summed E-state index contributed by atoms with van der Waals surface area (Å²) in [6.07, 6.45) is 0. The number of Topliss-reactive ketones (excluding diaryl/α,β-unsaturated/α-hetero) is 1. The molecule has 1 saturated heterocycles. The van der Waals surface area contributed by atoms with Gasteiger partial charge in [0.15, 0.2) is 0 Å². The van der Waals surface area contributed by atoms with Crippen LogP contribution in [0.3, 0.4) is 0 Å². The van der Waals surface area contributed by atoms with Crippen LogP contribution in [0.1, 0.15) is 33.9 Å². The third-order valence-electron chi connectivity index (χ3n) is 6.05. The molecule has 1 heterocycles. The summed E-state index contributed by atoms with van der Waals surface area (Å²) in [5.41, 5.74) is 3.90. The molecule has 0 saturated carbocycles. The van der Waals surface area contributed by atoms with Crippen molar-refractivity contribution in [3.8, 4) is 5.75 Å². The Balaban J connectivity index is 2.02. The second-order valence-electron chi connectivity index (χ2n) is 8.29. The highest BCUT2D eigenvalue weighted by molar-refractivity contribution is 6.52. The van der Waals surface area contributed by atoms with Crippen LogP contribution in [0.4, 0.5) is 5.69 Å². The van der Waals surface area contributed by atoms with Gasteiger partial charge in [0.2, 0.25) is 0 Å². The van der Waals surface area contributed by atoms with E-state index in [2.05, 4.69) is 0 Å². The molecule has 0 bridgehead atoms. The van der Waals surface area contributed by atoms with E-state index in [4.69, 9.17) is 27.9 Å². The molecule has 1 aliphatic rings. The standard InChI is InChI=1S/C27H23Cl2NO4/c1-14-7-5-6-8-20(14)24-23(25(31)21-9-16(3)22(34-4)10-15(21)2)26(32)27(33)30(24)19-12-17(28)11-18(29)13-19/h5-13,24,31H,1-4H3/b25-23+. The van der Waals surface area contributed by atoms with Crippen LogP contribution in [0.2, 0.25) is 10.0 Å². The lowest BCUT2D eigenvalue weighted by atomic mass is 9.91. The zero-order chi connectivity index (χ0) is 24.7. The number of ether oxygens (including phenoxy) is 1. The average molecular weight is 496 g/mol. The first-order valence-electron chi connectivity index (χ1n) is 10.6. The van der Waals surface area contributed by atoms with Gasteiger partial charge in [0.1, 0.15) is 11.5 Å². The Hall–Kier alpha value is -3.28. The number of nitrogens with zero attached hydrogens (tertiary/aromatic N) is 1. The Morgan fingerprint density at radius 3 is 2.18 bits per heavy atom. The van der Waals surface area contributed by atoms with Crippen LogP contribution >= 0.6 is 23.2 Å². The Bertz CT molecular complexity index is 1340. The maximum Gasteiger partial charge on any atom is 0.300 e. The minimum atomic E-state index is -0.863. The summed E-state index contributed by atoms with van der Waals surface area (Å²) in [6, 6.07) is 14.8. The van der Waals surface area contributed by atoms with Crippen molar-refractivity contribution in [1.82, 2.24) is 0 Å². The molecule has 1 amide bonds. The molecular formula is C27H23Cl2NO4. The summed E-state index contributed by atoms with van der Waals surface area (Å²) < 4.78 is 5.38. The van der Waals surface area contributed by atoms with E-state index in [-0.39, 0.29) is 11.3 Å². The predicted molar refractivity (Wildman–Crippen MR) is 135 cm³/mol. The topological polar surface area (TPSA) is 66.8 Å². The molecule has 0 aliphatic carbocycles. The van der Waals surface area contributed by atoms with Gasteiger partial charge in [0, 0.05) is 21.3 Å². The number of hydrogen-bond acceptors (Lipinski definition) is 4. The minimum Gasteiger partial charge on any atom is -0.507 e. The number of carbonyl (C=O) groups excluding carboxylic acids is 2. The molecule has 1 aliphatic heterocycles. The minimum absolute atomic E-state index is 0.00284. The SMILES string of the molecule is COc1cc(C)c(/C(O)=C2\C(=O)C(=O)N(c3cc(Cl)cc(Cl)c3)C2c2ccccc2C)cc1C. The molecule has 1 unspecified atom stereocenters. The fourth-order valence-corrected chi connectivity index (χ4v) is 4.89. The molecular weight excluding hydrogens is 473 g/mol. The van der Waals surface area contributed by atoms with E-state index < -0.39 is 17.7 Å². The number of ketones is 1. The molecule has 4 rings (SSSR count). The second-order valence-corrected chi connectivity index (χ2v) is 9.16. The monoisotopic (exact) mass is 495 g/mol. The van der Waals surface area contributed by atoms with Gasteiger partial charge in [0.05, 0.1) is 18.7 Å². The van der Waals surface area contributed by atoms with Crippen LogP contribution in [0, 0.1) is 20.8 Å². The summed E-state index contributed by atoms with van der Waals surface area (Å²) in [6.45, 7) is 5.55. The number of aliphatic hydroxyl groups excluding tert-OH is 1. The molecule has 3 aromatic rings.